The van der Waals surface area contributed by atoms with Gasteiger partial charge in [0, 0.05) is 24.2 Å². The van der Waals surface area contributed by atoms with Crippen molar-refractivity contribution < 1.29 is 9.59 Å². The fraction of sp³-hybridized carbons (Fsp3) is 0.333. The summed E-state index contributed by atoms with van der Waals surface area (Å²) >= 11 is 0. The third-order valence-electron chi connectivity index (χ3n) is 5.26. The van der Waals surface area contributed by atoms with Crippen LogP contribution >= 0.6 is 0 Å². The number of benzene rings is 2. The quantitative estimate of drug-likeness (QED) is 0.534. The molecule has 2 N–H and O–H groups in total. The molecule has 1 aliphatic carbocycles. The number of ketones is 2. The van der Waals surface area contributed by atoms with Crippen LogP contribution in [0.2, 0.25) is 0 Å². The van der Waals surface area contributed by atoms with Crippen molar-refractivity contribution in [1.82, 2.24) is 0 Å². The molecule has 0 aliphatic heterocycles. The summed E-state index contributed by atoms with van der Waals surface area (Å²) in [5, 5.41) is 26.1. The third-order valence-corrected chi connectivity index (χ3v) is 5.26. The molecule has 2 aromatic rings. The predicted molar refractivity (Wildman–Crippen MR) is 116 cm³/mol. The number of fused-ring (bicyclic) bond motifs is 2. The minimum Gasteiger partial charge on any atom is -0.383 e. The van der Waals surface area contributed by atoms with Crippen LogP contribution in [0.15, 0.2) is 24.3 Å². The summed E-state index contributed by atoms with van der Waals surface area (Å²) in [4.78, 5) is 26.9. The van der Waals surface area contributed by atoms with Gasteiger partial charge in [0.1, 0.15) is 12.1 Å². The summed E-state index contributed by atoms with van der Waals surface area (Å²) < 4.78 is 0. The molecule has 1 aliphatic rings. The summed E-state index contributed by atoms with van der Waals surface area (Å²) in [6.45, 7) is 5.14. The van der Waals surface area contributed by atoms with Crippen molar-refractivity contribution in [2.45, 2.75) is 39.5 Å². The lowest BCUT2D eigenvalue weighted by Crippen LogP contribution is -2.26. The molecule has 6 nitrogen and oxygen atoms in total. The van der Waals surface area contributed by atoms with Gasteiger partial charge in [0.05, 0.1) is 33.6 Å². The summed E-state index contributed by atoms with van der Waals surface area (Å²) in [5.74, 6) is -0.613. The zero-order chi connectivity index (χ0) is 21.7. The number of anilines is 2. The largest absolute Gasteiger partial charge is 0.383 e. The van der Waals surface area contributed by atoms with Gasteiger partial charge in [-0.3, -0.25) is 9.59 Å². The van der Waals surface area contributed by atoms with Gasteiger partial charge in [-0.25, -0.2) is 0 Å². The molecule has 30 heavy (non-hydrogen) atoms. The maximum Gasteiger partial charge on any atom is 0.196 e. The minimum atomic E-state index is -0.307. The molecule has 0 unspecified atom stereocenters. The van der Waals surface area contributed by atoms with Gasteiger partial charge in [0.25, 0.3) is 0 Å². The van der Waals surface area contributed by atoms with Crippen molar-refractivity contribution in [3.05, 3.63) is 57.6 Å². The van der Waals surface area contributed by atoms with Gasteiger partial charge >= 0.3 is 0 Å². The van der Waals surface area contributed by atoms with Gasteiger partial charge in [-0.15, -0.1) is 0 Å². The molecule has 3 rings (SSSR count). The van der Waals surface area contributed by atoms with E-state index in [2.05, 4.69) is 22.8 Å². The number of rotatable bonds is 8. The Bertz CT molecular complexity index is 1000. The van der Waals surface area contributed by atoms with Gasteiger partial charge < -0.3 is 10.6 Å². The number of carbonyl (C=O) groups excluding carboxylic acids is 2. The first-order valence-corrected chi connectivity index (χ1v) is 10.3. The highest BCUT2D eigenvalue weighted by Crippen LogP contribution is 2.41. The Morgan fingerprint density at radius 3 is 1.50 bits per heavy atom. The first-order valence-electron chi connectivity index (χ1n) is 10.3. The van der Waals surface area contributed by atoms with Crippen molar-refractivity contribution in [3.8, 4) is 12.1 Å². The van der Waals surface area contributed by atoms with E-state index in [1.807, 2.05) is 13.8 Å². The Kier molecular flexibility index (Phi) is 6.49. The second-order valence-electron chi connectivity index (χ2n) is 7.24. The van der Waals surface area contributed by atoms with E-state index >= 15 is 0 Å². The van der Waals surface area contributed by atoms with Crippen LogP contribution in [0, 0.1) is 22.7 Å². The standard InChI is InChI=1S/C24H24N4O2/c1-3-5-11-27-21-17(13-25)18(14-26)22(28-12-6-4-2)20-19(21)23(29)15-9-7-8-10-16(15)24(20)30/h7-10,27-28H,3-6,11-12H2,1-2H3. The van der Waals surface area contributed by atoms with Crippen LogP contribution in [0.1, 0.15) is 82.5 Å². The first kappa shape index (κ1) is 21.1. The Hall–Kier alpha value is -3.64. The molecule has 0 saturated heterocycles. The molecule has 2 aromatic carbocycles. The summed E-state index contributed by atoms with van der Waals surface area (Å²) in [7, 11) is 0. The Balaban J connectivity index is 2.33. The van der Waals surface area contributed by atoms with Crippen molar-refractivity contribution in [2.24, 2.45) is 0 Å². The lowest BCUT2D eigenvalue weighted by atomic mass is 9.79. The number of nitrogens with one attached hydrogen (secondary N) is 2. The number of carbonyl (C=O) groups is 2. The summed E-state index contributed by atoms with van der Waals surface area (Å²) in [6.07, 6.45) is 3.51. The van der Waals surface area contributed by atoms with Crippen LogP contribution in [-0.4, -0.2) is 24.7 Å². The maximum atomic E-state index is 13.4. The van der Waals surface area contributed by atoms with Crippen LogP contribution in [0.3, 0.4) is 0 Å². The van der Waals surface area contributed by atoms with E-state index in [1.165, 1.54) is 0 Å². The van der Waals surface area contributed by atoms with Gasteiger partial charge in [-0.2, -0.15) is 10.5 Å². The van der Waals surface area contributed by atoms with E-state index in [1.54, 1.807) is 24.3 Å². The molecule has 6 heteroatoms. The van der Waals surface area contributed by atoms with E-state index in [9.17, 15) is 20.1 Å². The molecule has 0 bridgehead atoms. The fourth-order valence-electron chi connectivity index (χ4n) is 3.71. The lowest BCUT2D eigenvalue weighted by Gasteiger charge is -2.26. The average Bonchev–Trinajstić information content (AvgIpc) is 2.77. The predicted octanol–water partition coefficient (Wildman–Crippen LogP) is 4.63. The number of nitriles is 2. The molecule has 0 aromatic heterocycles. The Morgan fingerprint density at radius 2 is 1.17 bits per heavy atom. The molecular weight excluding hydrogens is 376 g/mol. The molecule has 0 fully saturated rings. The van der Waals surface area contributed by atoms with Gasteiger partial charge in [-0.1, -0.05) is 51.0 Å². The van der Waals surface area contributed by atoms with E-state index < -0.39 is 0 Å². The molecule has 0 saturated carbocycles. The fourth-order valence-corrected chi connectivity index (χ4v) is 3.71. The van der Waals surface area contributed by atoms with Crippen LogP contribution in [0.5, 0.6) is 0 Å². The van der Waals surface area contributed by atoms with E-state index in [-0.39, 0.29) is 45.2 Å². The molecule has 0 amide bonds. The van der Waals surface area contributed by atoms with Crippen LogP contribution in [-0.2, 0) is 0 Å². The minimum absolute atomic E-state index is 0.104. The third kappa shape index (κ3) is 3.53. The SMILES string of the molecule is CCCCNc1c(C#N)c(C#N)c(NCCCC)c2c1C(=O)c1ccccc1C2=O. The normalized spacial score (nSPS) is 11.9. The second kappa shape index (κ2) is 9.24. The van der Waals surface area contributed by atoms with Gasteiger partial charge in [-0.05, 0) is 12.8 Å². The maximum absolute atomic E-state index is 13.4. The first-order chi connectivity index (χ1) is 14.6. The Morgan fingerprint density at radius 1 is 0.767 bits per heavy atom. The van der Waals surface area contributed by atoms with Crippen molar-refractivity contribution in [3.63, 3.8) is 0 Å². The van der Waals surface area contributed by atoms with Crippen LogP contribution in [0.4, 0.5) is 11.4 Å². The van der Waals surface area contributed by atoms with Gasteiger partial charge in [0.2, 0.25) is 0 Å². The zero-order valence-electron chi connectivity index (χ0n) is 17.3. The van der Waals surface area contributed by atoms with Crippen molar-refractivity contribution in [2.75, 3.05) is 23.7 Å². The smallest absolute Gasteiger partial charge is 0.196 e. The van der Waals surface area contributed by atoms with Gasteiger partial charge in [0.15, 0.2) is 11.6 Å². The summed E-state index contributed by atoms with van der Waals surface area (Å²) in [5.41, 5.74) is 1.79. The molecule has 0 heterocycles. The highest BCUT2D eigenvalue weighted by molar-refractivity contribution is 6.32. The number of hydrogen-bond donors (Lipinski definition) is 2. The highest BCUT2D eigenvalue weighted by atomic mass is 16.1. The molecule has 0 spiro atoms. The Labute approximate surface area is 176 Å². The number of hydrogen-bond acceptors (Lipinski definition) is 6. The van der Waals surface area contributed by atoms with E-state index in [0.717, 1.165) is 25.7 Å². The monoisotopic (exact) mass is 400 g/mol. The van der Waals surface area contributed by atoms with Crippen LogP contribution in [0.25, 0.3) is 0 Å². The number of unbranched alkanes of at least 4 members (excludes halogenated alkanes) is 2. The van der Waals surface area contributed by atoms with Crippen molar-refractivity contribution in [1.29, 1.82) is 10.5 Å². The number of nitrogens with zero attached hydrogens (tertiary/aromatic N) is 2. The topological polar surface area (TPSA) is 106 Å². The lowest BCUT2D eigenvalue weighted by molar-refractivity contribution is 0.0980. The molecule has 0 radical (unpaired) electrons. The molecule has 0 atom stereocenters. The van der Waals surface area contributed by atoms with Crippen molar-refractivity contribution >= 4 is 22.9 Å². The van der Waals surface area contributed by atoms with E-state index in [4.69, 9.17) is 0 Å². The summed E-state index contributed by atoms with van der Waals surface area (Å²) in [6, 6.07) is 10.9. The average molecular weight is 400 g/mol. The second-order valence-corrected chi connectivity index (χ2v) is 7.24. The van der Waals surface area contributed by atoms with E-state index in [0.29, 0.717) is 24.2 Å². The molecular formula is C24H24N4O2. The molecule has 152 valence electrons. The van der Waals surface area contributed by atoms with Crippen LogP contribution < -0.4 is 10.6 Å². The zero-order valence-corrected chi connectivity index (χ0v) is 17.3. The highest BCUT2D eigenvalue weighted by Gasteiger charge is 2.37.